The molecule has 0 radical (unpaired) electrons. The van der Waals surface area contributed by atoms with E-state index < -0.39 is 0 Å². The van der Waals surface area contributed by atoms with Gasteiger partial charge >= 0.3 is 0 Å². The number of hydrogen-bond acceptors (Lipinski definition) is 3. The smallest absolute Gasteiger partial charge is 0.124 e. The van der Waals surface area contributed by atoms with Crippen molar-refractivity contribution in [3.8, 4) is 11.5 Å². The van der Waals surface area contributed by atoms with Crippen LogP contribution in [0.2, 0.25) is 0 Å². The minimum atomic E-state index is -0.225. The van der Waals surface area contributed by atoms with Crippen LogP contribution in [0.1, 0.15) is 29.7 Å². The highest BCUT2D eigenvalue weighted by Crippen LogP contribution is 2.32. The van der Waals surface area contributed by atoms with Gasteiger partial charge in [-0.1, -0.05) is 12.1 Å². The summed E-state index contributed by atoms with van der Waals surface area (Å²) in [6.07, 6.45) is 0.755. The first kappa shape index (κ1) is 15.3. The van der Waals surface area contributed by atoms with Crippen LogP contribution < -0.4 is 5.32 Å². The fourth-order valence-corrected chi connectivity index (χ4v) is 2.45. The first-order valence-corrected chi connectivity index (χ1v) is 6.98. The lowest BCUT2D eigenvalue weighted by atomic mass is 10.0. The van der Waals surface area contributed by atoms with E-state index in [-0.39, 0.29) is 23.4 Å². The largest absolute Gasteiger partial charge is 0.507 e. The average Bonchev–Trinajstić information content (AvgIpc) is 2.41. The third-order valence-electron chi connectivity index (χ3n) is 3.64. The van der Waals surface area contributed by atoms with Crippen LogP contribution in [0, 0.1) is 12.7 Å². The van der Waals surface area contributed by atoms with Crippen LogP contribution in [0.3, 0.4) is 0 Å². The zero-order chi connectivity index (χ0) is 15.4. The fraction of sp³-hybridized carbons (Fsp3) is 0.294. The molecule has 1 unspecified atom stereocenters. The third kappa shape index (κ3) is 3.73. The van der Waals surface area contributed by atoms with E-state index in [0.29, 0.717) is 12.1 Å². The lowest BCUT2D eigenvalue weighted by Crippen LogP contribution is -2.21. The summed E-state index contributed by atoms with van der Waals surface area (Å²) in [7, 11) is 0. The van der Waals surface area contributed by atoms with Gasteiger partial charge in [0, 0.05) is 6.04 Å². The lowest BCUT2D eigenvalue weighted by Gasteiger charge is -2.17. The van der Waals surface area contributed by atoms with Gasteiger partial charge in [-0.3, -0.25) is 0 Å². The van der Waals surface area contributed by atoms with Crippen LogP contribution >= 0.6 is 0 Å². The van der Waals surface area contributed by atoms with Crippen molar-refractivity contribution in [3.63, 3.8) is 0 Å². The van der Waals surface area contributed by atoms with Crippen molar-refractivity contribution in [1.29, 1.82) is 0 Å². The maximum atomic E-state index is 13.0. The maximum absolute atomic E-state index is 13.0. The van der Waals surface area contributed by atoms with Gasteiger partial charge in [0.25, 0.3) is 0 Å². The van der Waals surface area contributed by atoms with Crippen molar-refractivity contribution in [2.24, 2.45) is 0 Å². The molecule has 4 heteroatoms. The minimum Gasteiger partial charge on any atom is -0.507 e. The van der Waals surface area contributed by atoms with Gasteiger partial charge in [0.1, 0.15) is 17.3 Å². The highest BCUT2D eigenvalue weighted by Gasteiger charge is 2.14. The van der Waals surface area contributed by atoms with Gasteiger partial charge in [0.2, 0.25) is 0 Å². The molecule has 3 nitrogen and oxygen atoms in total. The first-order valence-electron chi connectivity index (χ1n) is 6.98. The minimum absolute atomic E-state index is 0.0768. The van der Waals surface area contributed by atoms with Crippen molar-refractivity contribution < 1.29 is 14.6 Å². The number of aryl methyl sites for hydroxylation is 1. The third-order valence-corrected chi connectivity index (χ3v) is 3.64. The normalized spacial score (nSPS) is 12.3. The Labute approximate surface area is 124 Å². The lowest BCUT2D eigenvalue weighted by molar-refractivity contribution is 0.419. The number of phenolic OH excluding ortho intramolecular Hbond substituents is 2. The van der Waals surface area contributed by atoms with E-state index in [1.165, 1.54) is 12.1 Å². The SMILES string of the molecule is Cc1cc(F)ccc1CCNC(C)c1c(O)cccc1O. The Kier molecular flexibility index (Phi) is 4.81. The second-order valence-corrected chi connectivity index (χ2v) is 5.21. The molecule has 0 aromatic heterocycles. The molecular weight excluding hydrogens is 269 g/mol. The molecule has 0 saturated heterocycles. The molecule has 0 aliphatic rings. The molecule has 2 aromatic rings. The number of nitrogens with one attached hydrogen (secondary N) is 1. The topological polar surface area (TPSA) is 52.5 Å². The molecule has 0 heterocycles. The molecule has 0 bridgehead atoms. The van der Waals surface area contributed by atoms with Gasteiger partial charge < -0.3 is 15.5 Å². The van der Waals surface area contributed by atoms with Gasteiger partial charge in [0.15, 0.2) is 0 Å². The van der Waals surface area contributed by atoms with Crippen LogP contribution in [0.4, 0.5) is 4.39 Å². The van der Waals surface area contributed by atoms with Gasteiger partial charge in [-0.15, -0.1) is 0 Å². The highest BCUT2D eigenvalue weighted by atomic mass is 19.1. The molecule has 21 heavy (non-hydrogen) atoms. The van der Waals surface area contributed by atoms with Crippen molar-refractivity contribution in [3.05, 3.63) is 58.9 Å². The predicted molar refractivity (Wildman–Crippen MR) is 81.0 cm³/mol. The molecule has 0 amide bonds. The Balaban J connectivity index is 1.97. The molecular formula is C17H20FNO2. The van der Waals surface area contributed by atoms with Crippen molar-refractivity contribution in [1.82, 2.24) is 5.32 Å². The van der Waals surface area contributed by atoms with E-state index >= 15 is 0 Å². The van der Waals surface area contributed by atoms with Gasteiger partial charge in [0.05, 0.1) is 5.56 Å². The number of halogens is 1. The van der Waals surface area contributed by atoms with E-state index in [0.717, 1.165) is 17.5 Å². The van der Waals surface area contributed by atoms with E-state index in [1.807, 2.05) is 13.8 Å². The van der Waals surface area contributed by atoms with Gasteiger partial charge in [-0.05, 0) is 62.2 Å². The number of hydrogen-bond donors (Lipinski definition) is 3. The summed E-state index contributed by atoms with van der Waals surface area (Å²) in [4.78, 5) is 0. The second-order valence-electron chi connectivity index (χ2n) is 5.21. The summed E-state index contributed by atoms with van der Waals surface area (Å²) < 4.78 is 13.0. The zero-order valence-electron chi connectivity index (χ0n) is 12.2. The maximum Gasteiger partial charge on any atom is 0.124 e. The van der Waals surface area contributed by atoms with Crippen LogP contribution in [-0.4, -0.2) is 16.8 Å². The van der Waals surface area contributed by atoms with E-state index in [9.17, 15) is 14.6 Å². The van der Waals surface area contributed by atoms with Crippen molar-refractivity contribution >= 4 is 0 Å². The van der Waals surface area contributed by atoms with Gasteiger partial charge in [-0.25, -0.2) is 4.39 Å². The molecule has 0 spiro atoms. The Morgan fingerprint density at radius 1 is 1.14 bits per heavy atom. The van der Waals surface area contributed by atoms with E-state index in [1.54, 1.807) is 24.3 Å². The Morgan fingerprint density at radius 3 is 2.43 bits per heavy atom. The summed E-state index contributed by atoms with van der Waals surface area (Å²) >= 11 is 0. The number of benzene rings is 2. The van der Waals surface area contributed by atoms with E-state index in [4.69, 9.17) is 0 Å². The van der Waals surface area contributed by atoms with Crippen molar-refractivity contribution in [2.45, 2.75) is 26.3 Å². The molecule has 1 atom stereocenters. The van der Waals surface area contributed by atoms with Crippen molar-refractivity contribution in [2.75, 3.05) is 6.54 Å². The summed E-state index contributed by atoms with van der Waals surface area (Å²) in [5.41, 5.74) is 2.50. The Bertz CT molecular complexity index is 608. The predicted octanol–water partition coefficient (Wildman–Crippen LogP) is 3.44. The molecule has 3 N–H and O–H groups in total. The fourth-order valence-electron chi connectivity index (χ4n) is 2.45. The van der Waals surface area contributed by atoms with Crippen LogP contribution in [-0.2, 0) is 6.42 Å². The molecule has 0 saturated carbocycles. The molecule has 2 rings (SSSR count). The van der Waals surface area contributed by atoms with Crippen LogP contribution in [0.25, 0.3) is 0 Å². The van der Waals surface area contributed by atoms with E-state index in [2.05, 4.69) is 5.32 Å². The second kappa shape index (κ2) is 6.59. The summed E-state index contributed by atoms with van der Waals surface area (Å²) in [5.74, 6) is -0.0716. The Hall–Kier alpha value is -2.07. The van der Waals surface area contributed by atoms with Gasteiger partial charge in [-0.2, -0.15) is 0 Å². The molecule has 0 aliphatic heterocycles. The summed E-state index contributed by atoms with van der Waals surface area (Å²) in [6.45, 7) is 4.43. The number of phenols is 2. The quantitative estimate of drug-likeness (QED) is 0.790. The standard InChI is InChI=1S/C17H20FNO2/c1-11-10-14(18)7-6-13(11)8-9-19-12(2)17-15(20)4-3-5-16(17)21/h3-7,10,12,19-21H,8-9H2,1-2H3. The Morgan fingerprint density at radius 2 is 1.81 bits per heavy atom. The molecule has 112 valence electrons. The first-order chi connectivity index (χ1) is 9.99. The highest BCUT2D eigenvalue weighted by molar-refractivity contribution is 5.44. The summed E-state index contributed by atoms with van der Waals surface area (Å²) in [5, 5.41) is 22.9. The molecule has 0 fully saturated rings. The number of rotatable bonds is 5. The monoisotopic (exact) mass is 289 g/mol. The zero-order valence-corrected chi connectivity index (χ0v) is 12.2. The molecule has 0 aliphatic carbocycles. The molecule has 2 aromatic carbocycles. The number of aromatic hydroxyl groups is 2. The average molecular weight is 289 g/mol. The summed E-state index contributed by atoms with van der Waals surface area (Å²) in [6, 6.07) is 9.30. The van der Waals surface area contributed by atoms with Crippen LogP contribution in [0.15, 0.2) is 36.4 Å². The van der Waals surface area contributed by atoms with Crippen LogP contribution in [0.5, 0.6) is 11.5 Å².